The molecular weight excluding hydrogens is 368 g/mol. The number of aryl methyl sites for hydroxylation is 1. The second kappa shape index (κ2) is 7.83. The molecule has 1 aliphatic carbocycles. The molecule has 1 heterocycles. The zero-order chi connectivity index (χ0) is 20.4. The first-order chi connectivity index (χ1) is 14.1. The van der Waals surface area contributed by atoms with Crippen molar-refractivity contribution in [3.63, 3.8) is 0 Å². The zero-order valence-electron chi connectivity index (χ0n) is 16.1. The van der Waals surface area contributed by atoms with Crippen LogP contribution >= 0.6 is 0 Å². The lowest BCUT2D eigenvalue weighted by Crippen LogP contribution is -2.25. The van der Waals surface area contributed by atoms with E-state index in [1.54, 1.807) is 6.07 Å². The van der Waals surface area contributed by atoms with Crippen molar-refractivity contribution in [2.45, 2.75) is 26.3 Å². The van der Waals surface area contributed by atoms with Crippen molar-refractivity contribution in [2.24, 2.45) is 0 Å². The molecule has 0 aliphatic heterocycles. The van der Waals surface area contributed by atoms with Gasteiger partial charge in [-0.2, -0.15) is 5.10 Å². The highest BCUT2D eigenvalue weighted by molar-refractivity contribution is 6.00. The van der Waals surface area contributed by atoms with Gasteiger partial charge in [-0.1, -0.05) is 43.3 Å². The number of carbonyl (C=O) groups is 2. The van der Waals surface area contributed by atoms with Crippen molar-refractivity contribution < 1.29 is 14.3 Å². The number of Topliss-reactive ketones (excluding diaryl/α,β-unsaturated/α-hetero) is 1. The number of nitrogens with zero attached hydrogens (tertiary/aromatic N) is 2. The minimum Gasteiger partial charge on any atom is -0.453 e. The van der Waals surface area contributed by atoms with Gasteiger partial charge in [0.25, 0.3) is 5.56 Å². The number of esters is 1. The van der Waals surface area contributed by atoms with Crippen molar-refractivity contribution in [1.82, 2.24) is 9.78 Å². The van der Waals surface area contributed by atoms with Crippen molar-refractivity contribution in [1.29, 1.82) is 0 Å². The lowest BCUT2D eigenvalue weighted by molar-refractivity contribution is 0.0466. The third kappa shape index (κ3) is 3.74. The molecular formula is C23H20N2O4. The fourth-order valence-corrected chi connectivity index (χ4v) is 3.52. The average molecular weight is 388 g/mol. The van der Waals surface area contributed by atoms with E-state index in [9.17, 15) is 14.4 Å². The molecule has 4 rings (SSSR count). The van der Waals surface area contributed by atoms with E-state index < -0.39 is 5.97 Å². The molecule has 0 amide bonds. The summed E-state index contributed by atoms with van der Waals surface area (Å²) in [6.45, 7) is 1.94. The summed E-state index contributed by atoms with van der Waals surface area (Å²) in [7, 11) is 0. The Labute approximate surface area is 167 Å². The van der Waals surface area contributed by atoms with Crippen LogP contribution in [0, 0.1) is 0 Å². The van der Waals surface area contributed by atoms with Crippen LogP contribution in [0.25, 0.3) is 11.1 Å². The summed E-state index contributed by atoms with van der Waals surface area (Å²) in [6.07, 6.45) is 1.57. The minimum absolute atomic E-state index is 0.00808. The van der Waals surface area contributed by atoms with Gasteiger partial charge >= 0.3 is 5.97 Å². The van der Waals surface area contributed by atoms with E-state index in [0.29, 0.717) is 18.5 Å². The van der Waals surface area contributed by atoms with Crippen molar-refractivity contribution in [3.05, 3.63) is 87.3 Å². The van der Waals surface area contributed by atoms with E-state index in [1.807, 2.05) is 37.3 Å². The standard InChI is InChI=1S/C23H20N2O4/c1-2-11-25-22(27)10-9-20(24-25)23(28)29-14-21(26)17-8-7-16-12-15-5-3-4-6-18(15)19(16)13-17/h3-10,13H,2,11-12,14H2,1H3. The van der Waals surface area contributed by atoms with E-state index >= 15 is 0 Å². The van der Waals surface area contributed by atoms with Crippen LogP contribution in [0.3, 0.4) is 0 Å². The van der Waals surface area contributed by atoms with Crippen LogP contribution in [0.5, 0.6) is 0 Å². The number of ketones is 1. The molecule has 29 heavy (non-hydrogen) atoms. The van der Waals surface area contributed by atoms with Crippen molar-refractivity contribution >= 4 is 11.8 Å². The van der Waals surface area contributed by atoms with Gasteiger partial charge in [0.05, 0.1) is 0 Å². The predicted molar refractivity (Wildman–Crippen MR) is 108 cm³/mol. The largest absolute Gasteiger partial charge is 0.453 e. The summed E-state index contributed by atoms with van der Waals surface area (Å²) in [5, 5.41) is 4.00. The number of ether oxygens (including phenoxy) is 1. The van der Waals surface area contributed by atoms with Gasteiger partial charge in [-0.15, -0.1) is 0 Å². The Kier molecular flexibility index (Phi) is 5.08. The maximum absolute atomic E-state index is 12.6. The van der Waals surface area contributed by atoms with Gasteiger partial charge in [0.1, 0.15) is 0 Å². The molecule has 0 spiro atoms. The SMILES string of the molecule is CCCn1nc(C(=O)OCC(=O)c2ccc3c(c2)-c2ccccc2C3)ccc1=O. The lowest BCUT2D eigenvalue weighted by atomic mass is 10.0. The maximum atomic E-state index is 12.6. The third-order valence-electron chi connectivity index (χ3n) is 4.97. The van der Waals surface area contributed by atoms with Gasteiger partial charge in [-0.05, 0) is 47.2 Å². The van der Waals surface area contributed by atoms with Gasteiger partial charge in [-0.3, -0.25) is 9.59 Å². The Bertz CT molecular complexity index is 1160. The summed E-state index contributed by atoms with van der Waals surface area (Å²) in [6, 6.07) is 16.3. The number of rotatable bonds is 6. The number of carbonyl (C=O) groups excluding carboxylic acids is 2. The van der Waals surface area contributed by atoms with Crippen molar-refractivity contribution in [2.75, 3.05) is 6.61 Å². The molecule has 0 saturated heterocycles. The minimum atomic E-state index is -0.727. The van der Waals surface area contributed by atoms with Crippen molar-refractivity contribution in [3.8, 4) is 11.1 Å². The summed E-state index contributed by atoms with van der Waals surface area (Å²) < 4.78 is 6.36. The van der Waals surface area contributed by atoms with Gasteiger partial charge in [0, 0.05) is 18.2 Å². The van der Waals surface area contributed by atoms with Crippen LogP contribution in [0.4, 0.5) is 0 Å². The Morgan fingerprint density at radius 3 is 2.66 bits per heavy atom. The van der Waals surface area contributed by atoms with Crippen LogP contribution in [-0.4, -0.2) is 28.1 Å². The van der Waals surface area contributed by atoms with Gasteiger partial charge in [0.2, 0.25) is 0 Å². The second-order valence-corrected chi connectivity index (χ2v) is 6.99. The average Bonchev–Trinajstić information content (AvgIpc) is 3.11. The van der Waals surface area contributed by atoms with E-state index in [0.717, 1.165) is 17.5 Å². The molecule has 1 aromatic heterocycles. The van der Waals surface area contributed by atoms with Crippen LogP contribution in [0.1, 0.15) is 45.3 Å². The predicted octanol–water partition coefficient (Wildman–Crippen LogP) is 3.26. The fourth-order valence-electron chi connectivity index (χ4n) is 3.52. The molecule has 6 nitrogen and oxygen atoms in total. The first-order valence-corrected chi connectivity index (χ1v) is 9.56. The van der Waals surface area contributed by atoms with Crippen LogP contribution in [0.2, 0.25) is 0 Å². The molecule has 6 heteroatoms. The summed E-state index contributed by atoms with van der Waals surface area (Å²) in [5.74, 6) is -1.01. The van der Waals surface area contributed by atoms with Crippen LogP contribution in [0.15, 0.2) is 59.4 Å². The molecule has 0 atom stereocenters. The van der Waals surface area contributed by atoms with E-state index in [-0.39, 0.29) is 23.6 Å². The normalized spacial score (nSPS) is 11.6. The van der Waals surface area contributed by atoms with Gasteiger partial charge in [0.15, 0.2) is 18.1 Å². The summed E-state index contributed by atoms with van der Waals surface area (Å²) >= 11 is 0. The molecule has 0 saturated carbocycles. The highest BCUT2D eigenvalue weighted by atomic mass is 16.5. The van der Waals surface area contributed by atoms with E-state index in [4.69, 9.17) is 4.74 Å². The van der Waals surface area contributed by atoms with Crippen LogP contribution in [-0.2, 0) is 17.7 Å². The quantitative estimate of drug-likeness (QED) is 0.374. The Morgan fingerprint density at radius 2 is 1.83 bits per heavy atom. The number of benzene rings is 2. The van der Waals surface area contributed by atoms with Gasteiger partial charge < -0.3 is 4.74 Å². The van der Waals surface area contributed by atoms with E-state index in [1.165, 1.54) is 27.9 Å². The number of fused-ring (bicyclic) bond motifs is 3. The Hall–Kier alpha value is -3.54. The van der Waals surface area contributed by atoms with Gasteiger partial charge in [-0.25, -0.2) is 9.48 Å². The molecule has 0 unspecified atom stereocenters. The molecule has 0 fully saturated rings. The highest BCUT2D eigenvalue weighted by Crippen LogP contribution is 2.36. The molecule has 2 aromatic carbocycles. The molecule has 0 N–H and O–H groups in total. The summed E-state index contributed by atoms with van der Waals surface area (Å²) in [4.78, 5) is 36.5. The fraction of sp³-hybridized carbons (Fsp3) is 0.217. The monoisotopic (exact) mass is 388 g/mol. The Balaban J connectivity index is 1.47. The molecule has 3 aromatic rings. The lowest BCUT2D eigenvalue weighted by Gasteiger charge is -2.08. The third-order valence-corrected chi connectivity index (χ3v) is 4.97. The first-order valence-electron chi connectivity index (χ1n) is 9.56. The number of hydrogen-bond acceptors (Lipinski definition) is 5. The molecule has 0 radical (unpaired) electrons. The molecule has 1 aliphatic rings. The maximum Gasteiger partial charge on any atom is 0.359 e. The second-order valence-electron chi connectivity index (χ2n) is 6.99. The number of hydrogen-bond donors (Lipinski definition) is 0. The van der Waals surface area contributed by atoms with E-state index in [2.05, 4.69) is 11.2 Å². The zero-order valence-corrected chi connectivity index (χ0v) is 16.1. The molecule has 146 valence electrons. The number of aromatic nitrogens is 2. The topological polar surface area (TPSA) is 78.3 Å². The van der Waals surface area contributed by atoms with Crippen LogP contribution < -0.4 is 5.56 Å². The smallest absolute Gasteiger partial charge is 0.359 e. The first kappa shape index (κ1) is 18.8. The Morgan fingerprint density at radius 1 is 1.03 bits per heavy atom. The molecule has 0 bridgehead atoms. The summed E-state index contributed by atoms with van der Waals surface area (Å²) in [5.41, 5.74) is 4.83. The highest BCUT2D eigenvalue weighted by Gasteiger charge is 2.20.